The van der Waals surface area contributed by atoms with Gasteiger partial charge in [0.2, 0.25) is 12.2 Å². The number of rotatable bonds is 6. The Labute approximate surface area is 195 Å². The molecular formula is C26H22O8. The van der Waals surface area contributed by atoms with Crippen molar-refractivity contribution in [1.29, 1.82) is 0 Å². The van der Waals surface area contributed by atoms with Crippen molar-refractivity contribution in [2.75, 3.05) is 13.2 Å². The lowest BCUT2D eigenvalue weighted by Crippen LogP contribution is -2.37. The van der Waals surface area contributed by atoms with Gasteiger partial charge in [0.15, 0.2) is 23.0 Å². The highest BCUT2D eigenvalue weighted by atomic mass is 16.6. The first kappa shape index (κ1) is 21.6. The van der Waals surface area contributed by atoms with E-state index in [4.69, 9.17) is 28.4 Å². The number of carbonyl (C=O) groups excluding carboxylic acids is 2. The SMILES string of the molecule is O=C(OCc1cccc(COC(=O)[C@@H]2COc3ccccc3O2)c1)[C@@H]1COc2ccccc2O1. The van der Waals surface area contributed by atoms with Crippen molar-refractivity contribution < 1.29 is 38.0 Å². The van der Waals surface area contributed by atoms with Gasteiger partial charge in [-0.2, -0.15) is 0 Å². The molecule has 34 heavy (non-hydrogen) atoms. The zero-order valence-corrected chi connectivity index (χ0v) is 18.2. The fourth-order valence-corrected chi connectivity index (χ4v) is 3.58. The van der Waals surface area contributed by atoms with Gasteiger partial charge < -0.3 is 28.4 Å². The lowest BCUT2D eigenvalue weighted by atomic mass is 10.1. The summed E-state index contributed by atoms with van der Waals surface area (Å²) in [5.41, 5.74) is 1.51. The molecule has 8 heteroatoms. The number of carbonyl (C=O) groups is 2. The third-order valence-electron chi connectivity index (χ3n) is 5.30. The molecule has 0 unspecified atom stereocenters. The van der Waals surface area contributed by atoms with Crippen molar-refractivity contribution in [2.24, 2.45) is 0 Å². The second kappa shape index (κ2) is 9.74. The van der Waals surface area contributed by atoms with E-state index in [1.165, 1.54) is 0 Å². The second-order valence-corrected chi connectivity index (χ2v) is 7.76. The fourth-order valence-electron chi connectivity index (χ4n) is 3.58. The third-order valence-corrected chi connectivity index (χ3v) is 5.30. The molecule has 2 atom stereocenters. The zero-order chi connectivity index (χ0) is 23.3. The molecule has 0 aliphatic carbocycles. The minimum absolute atomic E-state index is 0.0541. The van der Waals surface area contributed by atoms with Crippen molar-refractivity contribution in [1.82, 2.24) is 0 Å². The molecule has 0 bridgehead atoms. The van der Waals surface area contributed by atoms with Gasteiger partial charge in [-0.1, -0.05) is 42.5 Å². The Morgan fingerprint density at radius 2 is 1.09 bits per heavy atom. The Morgan fingerprint density at radius 1 is 0.647 bits per heavy atom. The normalized spacial score (nSPS) is 18.0. The van der Waals surface area contributed by atoms with Crippen molar-refractivity contribution in [3.05, 3.63) is 83.9 Å². The molecule has 8 nitrogen and oxygen atoms in total. The van der Waals surface area contributed by atoms with Gasteiger partial charge in [0, 0.05) is 0 Å². The predicted octanol–water partition coefficient (Wildman–Crippen LogP) is 3.45. The largest absolute Gasteiger partial charge is 0.485 e. The smallest absolute Gasteiger partial charge is 0.351 e. The highest BCUT2D eigenvalue weighted by Gasteiger charge is 2.29. The van der Waals surface area contributed by atoms with E-state index in [0.717, 1.165) is 11.1 Å². The molecule has 2 aliphatic rings. The van der Waals surface area contributed by atoms with Crippen LogP contribution in [-0.4, -0.2) is 37.4 Å². The summed E-state index contributed by atoms with van der Waals surface area (Å²) in [6, 6.07) is 21.6. The summed E-state index contributed by atoms with van der Waals surface area (Å²) in [5.74, 6) is 1.19. The maximum absolute atomic E-state index is 12.4. The van der Waals surface area contributed by atoms with Gasteiger partial charge in [-0.15, -0.1) is 0 Å². The lowest BCUT2D eigenvalue weighted by Gasteiger charge is -2.25. The van der Waals surface area contributed by atoms with E-state index in [2.05, 4.69) is 0 Å². The van der Waals surface area contributed by atoms with Gasteiger partial charge in [0.05, 0.1) is 0 Å². The van der Waals surface area contributed by atoms with Crippen LogP contribution in [0.4, 0.5) is 0 Å². The number of hydrogen-bond donors (Lipinski definition) is 0. The molecule has 0 fully saturated rings. The number of fused-ring (bicyclic) bond motifs is 2. The van der Waals surface area contributed by atoms with Crippen molar-refractivity contribution >= 4 is 11.9 Å². The summed E-state index contributed by atoms with van der Waals surface area (Å²) in [5, 5.41) is 0. The van der Waals surface area contributed by atoms with Gasteiger partial charge in [0.25, 0.3) is 0 Å². The van der Waals surface area contributed by atoms with E-state index in [-0.39, 0.29) is 26.4 Å². The van der Waals surface area contributed by atoms with Crippen LogP contribution in [-0.2, 0) is 32.3 Å². The van der Waals surface area contributed by atoms with Crippen molar-refractivity contribution in [3.63, 3.8) is 0 Å². The Hall–Kier alpha value is -4.20. The molecule has 0 saturated heterocycles. The summed E-state index contributed by atoms with van der Waals surface area (Å²) in [7, 11) is 0. The van der Waals surface area contributed by atoms with E-state index in [9.17, 15) is 9.59 Å². The Balaban J connectivity index is 1.11. The first-order valence-corrected chi connectivity index (χ1v) is 10.8. The summed E-state index contributed by atoms with van der Waals surface area (Å²) < 4.78 is 33.3. The Morgan fingerprint density at radius 3 is 1.56 bits per heavy atom. The molecule has 0 aromatic heterocycles. The molecule has 0 spiro atoms. The van der Waals surface area contributed by atoms with Crippen LogP contribution in [0.1, 0.15) is 11.1 Å². The van der Waals surface area contributed by atoms with Crippen LogP contribution < -0.4 is 18.9 Å². The Bertz CT molecular complexity index is 1100. The van der Waals surface area contributed by atoms with Crippen molar-refractivity contribution in [3.8, 4) is 23.0 Å². The molecule has 0 radical (unpaired) electrons. The molecule has 0 amide bonds. The van der Waals surface area contributed by atoms with Gasteiger partial charge in [-0.05, 0) is 41.5 Å². The highest BCUT2D eigenvalue weighted by molar-refractivity contribution is 5.76. The topological polar surface area (TPSA) is 89.5 Å². The molecular weight excluding hydrogens is 440 g/mol. The maximum Gasteiger partial charge on any atom is 0.351 e. The number of ether oxygens (including phenoxy) is 6. The molecule has 3 aromatic carbocycles. The average molecular weight is 462 g/mol. The lowest BCUT2D eigenvalue weighted by molar-refractivity contribution is -0.156. The maximum atomic E-state index is 12.4. The van der Waals surface area contributed by atoms with E-state index in [1.807, 2.05) is 30.3 Å². The third kappa shape index (κ3) is 4.91. The van der Waals surface area contributed by atoms with Gasteiger partial charge in [0.1, 0.15) is 26.4 Å². The van der Waals surface area contributed by atoms with Crippen molar-refractivity contribution in [2.45, 2.75) is 25.4 Å². The monoisotopic (exact) mass is 462 g/mol. The average Bonchev–Trinajstić information content (AvgIpc) is 2.90. The molecule has 3 aromatic rings. The molecule has 0 N–H and O–H groups in total. The minimum Gasteiger partial charge on any atom is -0.485 e. The first-order chi connectivity index (χ1) is 16.7. The summed E-state index contributed by atoms with van der Waals surface area (Å²) in [4.78, 5) is 24.8. The van der Waals surface area contributed by atoms with Gasteiger partial charge in [-0.3, -0.25) is 0 Å². The molecule has 5 rings (SSSR count). The zero-order valence-electron chi connectivity index (χ0n) is 18.2. The van der Waals surface area contributed by atoms with Gasteiger partial charge >= 0.3 is 11.9 Å². The molecule has 2 aliphatic heterocycles. The Kier molecular flexibility index (Phi) is 6.20. The number of esters is 2. The number of para-hydroxylation sites is 4. The quantitative estimate of drug-likeness (QED) is 0.515. The standard InChI is InChI=1S/C26H22O8/c27-25(23-15-29-19-8-1-3-10-21(19)33-23)31-13-17-6-5-7-18(12-17)14-32-26(28)24-16-30-20-9-2-4-11-22(20)34-24/h1-12,23-24H,13-16H2/t23-,24-/m0/s1. The van der Waals surface area contributed by atoms with E-state index < -0.39 is 24.1 Å². The van der Waals surface area contributed by atoms with Crippen LogP contribution in [0, 0.1) is 0 Å². The molecule has 2 heterocycles. The van der Waals surface area contributed by atoms with E-state index in [1.54, 1.807) is 42.5 Å². The van der Waals surface area contributed by atoms with Crippen LogP contribution >= 0.6 is 0 Å². The van der Waals surface area contributed by atoms with Crippen LogP contribution in [0.15, 0.2) is 72.8 Å². The predicted molar refractivity (Wildman–Crippen MR) is 119 cm³/mol. The van der Waals surface area contributed by atoms with E-state index in [0.29, 0.717) is 23.0 Å². The van der Waals surface area contributed by atoms with Crippen LogP contribution in [0.2, 0.25) is 0 Å². The van der Waals surface area contributed by atoms with E-state index >= 15 is 0 Å². The number of hydrogen-bond acceptors (Lipinski definition) is 8. The second-order valence-electron chi connectivity index (χ2n) is 7.76. The summed E-state index contributed by atoms with van der Waals surface area (Å²) >= 11 is 0. The molecule has 0 saturated carbocycles. The fraction of sp³-hybridized carbons (Fsp3) is 0.231. The van der Waals surface area contributed by atoms with Gasteiger partial charge in [-0.25, -0.2) is 9.59 Å². The number of benzene rings is 3. The van der Waals surface area contributed by atoms with Crippen LogP contribution in [0.25, 0.3) is 0 Å². The van der Waals surface area contributed by atoms with Crippen LogP contribution in [0.3, 0.4) is 0 Å². The highest BCUT2D eigenvalue weighted by Crippen LogP contribution is 2.32. The molecule has 174 valence electrons. The summed E-state index contributed by atoms with van der Waals surface area (Å²) in [6.07, 6.45) is -1.66. The minimum atomic E-state index is -0.832. The summed E-state index contributed by atoms with van der Waals surface area (Å²) in [6.45, 7) is 0.281. The van der Waals surface area contributed by atoms with Crippen LogP contribution in [0.5, 0.6) is 23.0 Å². The first-order valence-electron chi connectivity index (χ1n) is 10.8.